The van der Waals surface area contributed by atoms with Crippen molar-refractivity contribution < 1.29 is 4.74 Å². The molecular weight excluding hydrogens is 212 g/mol. The highest BCUT2D eigenvalue weighted by Gasteiger charge is 2.17. The fraction of sp³-hybridized carbons (Fsp3) is 0.857. The first kappa shape index (κ1) is 13.1. The molecule has 1 heterocycles. The number of nitrogens with one attached hydrogen (secondary N) is 1. The lowest BCUT2D eigenvalue weighted by Crippen LogP contribution is -2.46. The molecule has 1 aliphatic heterocycles. The van der Waals surface area contributed by atoms with Gasteiger partial charge in [-0.15, -0.1) is 0 Å². The number of rotatable bonds is 5. The monoisotopic (exact) mass is 238 g/mol. The van der Waals surface area contributed by atoms with Gasteiger partial charge in [0.05, 0.1) is 13.2 Å². The van der Waals surface area contributed by atoms with Gasteiger partial charge in [0.1, 0.15) is 0 Å². The third-order valence-electron chi connectivity index (χ3n) is 3.92. The highest BCUT2D eigenvalue weighted by molar-refractivity contribution is 4.90. The number of allylic oxidation sites excluding steroid dienone is 2. The summed E-state index contributed by atoms with van der Waals surface area (Å²) in [5.74, 6) is 0.858. The highest BCUT2D eigenvalue weighted by Crippen LogP contribution is 2.16. The van der Waals surface area contributed by atoms with E-state index < -0.39 is 0 Å². The van der Waals surface area contributed by atoms with E-state index in [1.54, 1.807) is 0 Å². The number of nitrogens with zero attached hydrogens (tertiary/aromatic N) is 1. The van der Waals surface area contributed by atoms with Crippen LogP contribution in [0.15, 0.2) is 12.2 Å². The van der Waals surface area contributed by atoms with Gasteiger partial charge >= 0.3 is 0 Å². The molecule has 1 saturated heterocycles. The first-order chi connectivity index (χ1) is 8.36. The average Bonchev–Trinajstić information content (AvgIpc) is 2.41. The smallest absolute Gasteiger partial charge is 0.0594 e. The van der Waals surface area contributed by atoms with Gasteiger partial charge in [0.25, 0.3) is 0 Å². The van der Waals surface area contributed by atoms with Crippen molar-refractivity contribution >= 4 is 0 Å². The molecular formula is C14H26N2O. The van der Waals surface area contributed by atoms with Crippen LogP contribution in [0.1, 0.15) is 26.2 Å². The van der Waals surface area contributed by atoms with Crippen LogP contribution in [0.25, 0.3) is 0 Å². The van der Waals surface area contributed by atoms with Gasteiger partial charge < -0.3 is 10.1 Å². The van der Waals surface area contributed by atoms with Gasteiger partial charge in [0.2, 0.25) is 0 Å². The van der Waals surface area contributed by atoms with Gasteiger partial charge in [-0.2, -0.15) is 0 Å². The summed E-state index contributed by atoms with van der Waals surface area (Å²) in [5.41, 5.74) is 0. The van der Waals surface area contributed by atoms with Crippen molar-refractivity contribution in [1.82, 2.24) is 10.2 Å². The lowest BCUT2D eigenvalue weighted by Gasteiger charge is -2.32. The molecule has 0 aromatic carbocycles. The summed E-state index contributed by atoms with van der Waals surface area (Å²) >= 11 is 0. The van der Waals surface area contributed by atoms with E-state index in [2.05, 4.69) is 29.3 Å². The van der Waals surface area contributed by atoms with Crippen molar-refractivity contribution in [3.05, 3.63) is 12.2 Å². The van der Waals surface area contributed by atoms with E-state index in [4.69, 9.17) is 4.74 Å². The Morgan fingerprint density at radius 1 is 1.35 bits per heavy atom. The standard InChI is InChI=1S/C14H26N2O/c1-13(16-7-9-17-10-8-16)11-15-12-14-5-3-2-4-6-14/h2-3,13-15H,4-12H2,1H3. The second-order valence-corrected chi connectivity index (χ2v) is 5.31. The van der Waals surface area contributed by atoms with Crippen molar-refractivity contribution in [1.29, 1.82) is 0 Å². The number of hydrogen-bond acceptors (Lipinski definition) is 3. The van der Waals surface area contributed by atoms with Gasteiger partial charge in [-0.3, -0.25) is 4.90 Å². The molecule has 1 fully saturated rings. The molecule has 0 aromatic rings. The summed E-state index contributed by atoms with van der Waals surface area (Å²) in [6.45, 7) is 8.60. The molecule has 0 bridgehead atoms. The Morgan fingerprint density at radius 2 is 2.18 bits per heavy atom. The van der Waals surface area contributed by atoms with E-state index in [9.17, 15) is 0 Å². The molecule has 2 aliphatic rings. The molecule has 2 atom stereocenters. The second-order valence-electron chi connectivity index (χ2n) is 5.31. The zero-order valence-electron chi connectivity index (χ0n) is 11.0. The van der Waals surface area contributed by atoms with Crippen LogP contribution in [0.2, 0.25) is 0 Å². The Balaban J connectivity index is 1.58. The average molecular weight is 238 g/mol. The van der Waals surface area contributed by atoms with E-state index >= 15 is 0 Å². The van der Waals surface area contributed by atoms with E-state index in [0.717, 1.165) is 38.8 Å². The highest BCUT2D eigenvalue weighted by atomic mass is 16.5. The minimum Gasteiger partial charge on any atom is -0.379 e. The van der Waals surface area contributed by atoms with Gasteiger partial charge in [0.15, 0.2) is 0 Å². The van der Waals surface area contributed by atoms with Crippen LogP contribution in [0.4, 0.5) is 0 Å². The van der Waals surface area contributed by atoms with Crippen molar-refractivity contribution in [2.24, 2.45) is 5.92 Å². The Morgan fingerprint density at radius 3 is 2.88 bits per heavy atom. The molecule has 2 unspecified atom stereocenters. The first-order valence-corrected chi connectivity index (χ1v) is 7.04. The lowest BCUT2D eigenvalue weighted by atomic mass is 9.94. The van der Waals surface area contributed by atoms with Gasteiger partial charge in [-0.25, -0.2) is 0 Å². The molecule has 1 N–H and O–H groups in total. The largest absolute Gasteiger partial charge is 0.379 e. The van der Waals surface area contributed by atoms with Gasteiger partial charge in [-0.1, -0.05) is 12.2 Å². The Kier molecular flexibility index (Phi) is 5.49. The Bertz CT molecular complexity index is 236. The molecule has 2 rings (SSSR count). The van der Waals surface area contributed by atoms with Crippen LogP contribution in [0.3, 0.4) is 0 Å². The quantitative estimate of drug-likeness (QED) is 0.737. The third kappa shape index (κ3) is 4.41. The fourth-order valence-electron chi connectivity index (χ4n) is 2.69. The summed E-state index contributed by atoms with van der Waals surface area (Å²) < 4.78 is 5.38. The number of ether oxygens (including phenoxy) is 1. The van der Waals surface area contributed by atoms with Crippen LogP contribution in [-0.2, 0) is 4.74 Å². The van der Waals surface area contributed by atoms with Crippen LogP contribution >= 0.6 is 0 Å². The van der Waals surface area contributed by atoms with Crippen molar-refractivity contribution in [2.75, 3.05) is 39.4 Å². The van der Waals surface area contributed by atoms with Crippen molar-refractivity contribution in [3.63, 3.8) is 0 Å². The lowest BCUT2D eigenvalue weighted by molar-refractivity contribution is 0.0202. The van der Waals surface area contributed by atoms with E-state index in [1.807, 2.05) is 0 Å². The minimum absolute atomic E-state index is 0.637. The van der Waals surface area contributed by atoms with E-state index in [1.165, 1.54) is 25.8 Å². The molecule has 3 heteroatoms. The fourth-order valence-corrected chi connectivity index (χ4v) is 2.69. The molecule has 0 radical (unpaired) electrons. The summed E-state index contributed by atoms with van der Waals surface area (Å²) in [7, 11) is 0. The van der Waals surface area contributed by atoms with Crippen molar-refractivity contribution in [2.45, 2.75) is 32.2 Å². The Labute approximate surface area is 105 Å². The van der Waals surface area contributed by atoms with Crippen molar-refractivity contribution in [3.8, 4) is 0 Å². The maximum absolute atomic E-state index is 5.38. The van der Waals surface area contributed by atoms with E-state index in [-0.39, 0.29) is 0 Å². The number of morpholine rings is 1. The zero-order valence-corrected chi connectivity index (χ0v) is 11.0. The molecule has 0 amide bonds. The summed E-state index contributed by atoms with van der Waals surface area (Å²) in [6.07, 6.45) is 8.54. The molecule has 98 valence electrons. The molecule has 17 heavy (non-hydrogen) atoms. The molecule has 0 spiro atoms. The molecule has 0 saturated carbocycles. The van der Waals surface area contributed by atoms with Crippen LogP contribution in [0.5, 0.6) is 0 Å². The molecule has 0 aromatic heterocycles. The predicted molar refractivity (Wildman–Crippen MR) is 71.2 cm³/mol. The molecule has 1 aliphatic carbocycles. The SMILES string of the molecule is CC(CNCC1CC=CCC1)N1CCOCC1. The third-order valence-corrected chi connectivity index (χ3v) is 3.92. The predicted octanol–water partition coefficient (Wildman–Crippen LogP) is 1.65. The topological polar surface area (TPSA) is 24.5 Å². The first-order valence-electron chi connectivity index (χ1n) is 7.04. The summed E-state index contributed by atoms with van der Waals surface area (Å²) in [5, 5.41) is 3.64. The Hall–Kier alpha value is -0.380. The number of hydrogen-bond donors (Lipinski definition) is 1. The van der Waals surface area contributed by atoms with Crippen LogP contribution < -0.4 is 5.32 Å². The maximum Gasteiger partial charge on any atom is 0.0594 e. The van der Waals surface area contributed by atoms with Crippen LogP contribution in [-0.4, -0.2) is 50.3 Å². The maximum atomic E-state index is 5.38. The van der Waals surface area contributed by atoms with Gasteiger partial charge in [-0.05, 0) is 38.6 Å². The minimum atomic E-state index is 0.637. The zero-order chi connectivity index (χ0) is 11.9. The van der Waals surface area contributed by atoms with E-state index in [0.29, 0.717) is 6.04 Å². The molecule has 3 nitrogen and oxygen atoms in total. The normalized spacial score (nSPS) is 28.2. The van der Waals surface area contributed by atoms with Gasteiger partial charge in [0, 0.05) is 25.7 Å². The summed E-state index contributed by atoms with van der Waals surface area (Å²) in [6, 6.07) is 0.637. The summed E-state index contributed by atoms with van der Waals surface area (Å²) in [4.78, 5) is 2.53. The van der Waals surface area contributed by atoms with Crippen LogP contribution in [0, 0.1) is 5.92 Å². The second kappa shape index (κ2) is 7.14.